The highest BCUT2D eigenvalue weighted by molar-refractivity contribution is 5.97. The smallest absolute Gasteiger partial charge is 0.326 e. The standard InChI is InChI=1S/C30H31N5O5/c36-27(35-29-31-15-5-16-32-29)8-4-17-39-23-12-9-20(10-13-23)18-25(28(37)38)34-30-33-24-19-22(11-14-26(24)40-30)21-6-2-1-3-7-21/h1-3,6-7,9-14,19,25H,4-5,8,15-18H2,(H,33,34)(H,37,38)(H2,31,32,35,36)/t25-/m0/s1. The predicted octanol–water partition coefficient (Wildman–Crippen LogP) is 4.23. The molecule has 0 saturated carbocycles. The quantitative estimate of drug-likeness (QED) is 0.207. The fourth-order valence-electron chi connectivity index (χ4n) is 4.34. The van der Waals surface area contributed by atoms with Crippen molar-refractivity contribution < 1.29 is 23.8 Å². The number of guanidine groups is 1. The Balaban J connectivity index is 1.12. The summed E-state index contributed by atoms with van der Waals surface area (Å²) in [5, 5.41) is 18.5. The first-order chi connectivity index (χ1) is 19.5. The van der Waals surface area contributed by atoms with Crippen LogP contribution in [-0.2, 0) is 16.0 Å². The summed E-state index contributed by atoms with van der Waals surface area (Å²) in [6, 6.07) is 22.1. The Hall–Kier alpha value is -4.86. The molecule has 1 atom stereocenters. The summed E-state index contributed by atoms with van der Waals surface area (Å²) >= 11 is 0. The van der Waals surface area contributed by atoms with Gasteiger partial charge in [0.2, 0.25) is 5.91 Å². The zero-order valence-corrected chi connectivity index (χ0v) is 21.9. The summed E-state index contributed by atoms with van der Waals surface area (Å²) in [4.78, 5) is 32.7. The SMILES string of the molecule is O=C(CCCOc1ccc(C[C@H](Nc2nc3cc(-c4ccccc4)ccc3o2)C(=O)O)cc1)NC1=NCCCN1. The van der Waals surface area contributed by atoms with Gasteiger partial charge in [-0.05, 0) is 53.8 Å². The Morgan fingerprint density at radius 3 is 2.62 bits per heavy atom. The van der Waals surface area contributed by atoms with Gasteiger partial charge in [-0.2, -0.15) is 4.98 Å². The van der Waals surface area contributed by atoms with E-state index < -0.39 is 12.0 Å². The van der Waals surface area contributed by atoms with Crippen LogP contribution in [-0.4, -0.2) is 53.7 Å². The van der Waals surface area contributed by atoms with Crippen molar-refractivity contribution in [3.05, 3.63) is 78.4 Å². The van der Waals surface area contributed by atoms with Gasteiger partial charge in [0, 0.05) is 25.9 Å². The Labute approximate surface area is 231 Å². The first-order valence-electron chi connectivity index (χ1n) is 13.3. The van der Waals surface area contributed by atoms with E-state index in [-0.39, 0.29) is 18.3 Å². The number of amides is 1. The van der Waals surface area contributed by atoms with Crippen molar-refractivity contribution in [1.82, 2.24) is 15.6 Å². The van der Waals surface area contributed by atoms with E-state index in [2.05, 4.69) is 25.9 Å². The molecular weight excluding hydrogens is 510 g/mol. The number of aromatic nitrogens is 1. The van der Waals surface area contributed by atoms with Crippen molar-refractivity contribution in [1.29, 1.82) is 0 Å². The highest BCUT2D eigenvalue weighted by atomic mass is 16.5. The van der Waals surface area contributed by atoms with Crippen molar-refractivity contribution in [2.75, 3.05) is 25.0 Å². The summed E-state index contributed by atoms with van der Waals surface area (Å²) in [6.07, 6.45) is 2.08. The highest BCUT2D eigenvalue weighted by Gasteiger charge is 2.21. The summed E-state index contributed by atoms with van der Waals surface area (Å²) in [5.41, 5.74) is 4.09. The molecule has 0 aliphatic carbocycles. The van der Waals surface area contributed by atoms with Gasteiger partial charge >= 0.3 is 5.97 Å². The van der Waals surface area contributed by atoms with Crippen LogP contribution in [0, 0.1) is 0 Å². The minimum Gasteiger partial charge on any atom is -0.494 e. The number of nitrogens with zero attached hydrogens (tertiary/aromatic N) is 2. The van der Waals surface area contributed by atoms with Crippen molar-refractivity contribution in [2.45, 2.75) is 31.7 Å². The van der Waals surface area contributed by atoms with E-state index in [4.69, 9.17) is 9.15 Å². The molecule has 1 amide bonds. The maximum atomic E-state index is 12.0. The topological polar surface area (TPSA) is 138 Å². The van der Waals surface area contributed by atoms with Gasteiger partial charge in [0.25, 0.3) is 6.01 Å². The average molecular weight is 542 g/mol. The van der Waals surface area contributed by atoms with E-state index in [1.165, 1.54) is 0 Å². The van der Waals surface area contributed by atoms with Gasteiger partial charge < -0.3 is 24.9 Å². The van der Waals surface area contributed by atoms with Crippen LogP contribution in [0.5, 0.6) is 5.75 Å². The molecule has 0 saturated heterocycles. The summed E-state index contributed by atoms with van der Waals surface area (Å²) in [5.74, 6) is 0.0702. The number of hydrogen-bond acceptors (Lipinski definition) is 8. The van der Waals surface area contributed by atoms with E-state index >= 15 is 0 Å². The number of fused-ring (bicyclic) bond motifs is 1. The number of ether oxygens (including phenoxy) is 1. The average Bonchev–Trinajstić information content (AvgIpc) is 3.38. The number of carboxylic acid groups (broad SMARTS) is 1. The number of aliphatic imine (C=N–C) groups is 1. The maximum Gasteiger partial charge on any atom is 0.326 e. The van der Waals surface area contributed by atoms with Crippen molar-refractivity contribution >= 4 is 35.0 Å². The second kappa shape index (κ2) is 12.8. The van der Waals surface area contributed by atoms with Gasteiger partial charge in [-0.1, -0.05) is 48.5 Å². The number of carbonyl (C=O) groups is 2. The first-order valence-corrected chi connectivity index (χ1v) is 13.3. The molecule has 0 fully saturated rings. The number of rotatable bonds is 11. The molecule has 1 aliphatic rings. The molecular formula is C30H31N5O5. The second-order valence-electron chi connectivity index (χ2n) is 9.46. The number of oxazole rings is 1. The lowest BCUT2D eigenvalue weighted by Gasteiger charge is -2.15. The molecule has 0 spiro atoms. The molecule has 4 aromatic rings. The molecule has 2 heterocycles. The number of nitrogens with one attached hydrogen (secondary N) is 3. The second-order valence-corrected chi connectivity index (χ2v) is 9.46. The zero-order chi connectivity index (χ0) is 27.7. The number of anilines is 1. The molecule has 206 valence electrons. The molecule has 4 N–H and O–H groups in total. The van der Waals surface area contributed by atoms with E-state index in [0.29, 0.717) is 42.3 Å². The lowest BCUT2D eigenvalue weighted by atomic mass is 10.1. The summed E-state index contributed by atoms with van der Waals surface area (Å²) in [6.45, 7) is 1.92. The Morgan fingerprint density at radius 1 is 1.05 bits per heavy atom. The number of hydrogen-bond donors (Lipinski definition) is 4. The van der Waals surface area contributed by atoms with E-state index in [1.807, 2.05) is 60.7 Å². The van der Waals surface area contributed by atoms with E-state index in [9.17, 15) is 14.7 Å². The summed E-state index contributed by atoms with van der Waals surface area (Å²) in [7, 11) is 0. The molecule has 3 aromatic carbocycles. The third-order valence-electron chi connectivity index (χ3n) is 6.43. The maximum absolute atomic E-state index is 12.0. The number of carboxylic acids is 1. The fraction of sp³-hybridized carbons (Fsp3) is 0.267. The van der Waals surface area contributed by atoms with E-state index in [1.54, 1.807) is 12.1 Å². The molecule has 10 heteroatoms. The van der Waals surface area contributed by atoms with Crippen LogP contribution < -0.4 is 20.7 Å². The molecule has 5 rings (SSSR count). The number of aliphatic carboxylic acids is 1. The van der Waals surface area contributed by atoms with Gasteiger partial charge in [0.05, 0.1) is 6.61 Å². The van der Waals surface area contributed by atoms with Gasteiger partial charge in [0.1, 0.15) is 17.3 Å². The third-order valence-corrected chi connectivity index (χ3v) is 6.43. The van der Waals surface area contributed by atoms with Crippen LogP contribution in [0.15, 0.2) is 82.2 Å². The number of benzene rings is 3. The van der Waals surface area contributed by atoms with Gasteiger partial charge in [-0.15, -0.1) is 0 Å². The molecule has 1 aliphatic heterocycles. The third kappa shape index (κ3) is 7.16. The molecule has 10 nitrogen and oxygen atoms in total. The van der Waals surface area contributed by atoms with Crippen molar-refractivity contribution in [2.24, 2.45) is 4.99 Å². The fourth-order valence-corrected chi connectivity index (χ4v) is 4.34. The zero-order valence-electron chi connectivity index (χ0n) is 21.9. The Bertz CT molecular complexity index is 1480. The van der Waals surface area contributed by atoms with Crippen molar-refractivity contribution in [3.63, 3.8) is 0 Å². The molecule has 1 aromatic heterocycles. The molecule has 0 radical (unpaired) electrons. The Kier molecular flexibility index (Phi) is 8.55. The van der Waals surface area contributed by atoms with Gasteiger partial charge in [-0.25, -0.2) is 4.79 Å². The largest absolute Gasteiger partial charge is 0.494 e. The Morgan fingerprint density at radius 2 is 1.88 bits per heavy atom. The molecule has 40 heavy (non-hydrogen) atoms. The van der Waals surface area contributed by atoms with Crippen LogP contribution in [0.25, 0.3) is 22.2 Å². The lowest BCUT2D eigenvalue weighted by Crippen LogP contribution is -2.43. The minimum absolute atomic E-state index is 0.102. The normalized spacial score (nSPS) is 13.7. The first kappa shape index (κ1) is 26.7. The van der Waals surface area contributed by atoms with Gasteiger partial charge in [-0.3, -0.25) is 15.1 Å². The van der Waals surface area contributed by atoms with Crippen LogP contribution >= 0.6 is 0 Å². The summed E-state index contributed by atoms with van der Waals surface area (Å²) < 4.78 is 11.5. The lowest BCUT2D eigenvalue weighted by molar-refractivity contribution is -0.138. The molecule has 0 bridgehead atoms. The minimum atomic E-state index is -1.01. The predicted molar refractivity (Wildman–Crippen MR) is 152 cm³/mol. The number of carbonyl (C=O) groups excluding carboxylic acids is 1. The van der Waals surface area contributed by atoms with Crippen molar-refractivity contribution in [3.8, 4) is 16.9 Å². The molecule has 0 unspecified atom stereocenters. The van der Waals surface area contributed by atoms with Crippen LogP contribution in [0.4, 0.5) is 6.01 Å². The highest BCUT2D eigenvalue weighted by Crippen LogP contribution is 2.26. The van der Waals surface area contributed by atoms with E-state index in [0.717, 1.165) is 36.2 Å². The van der Waals surface area contributed by atoms with Crippen LogP contribution in [0.3, 0.4) is 0 Å². The van der Waals surface area contributed by atoms with Crippen LogP contribution in [0.1, 0.15) is 24.8 Å². The van der Waals surface area contributed by atoms with Crippen LogP contribution in [0.2, 0.25) is 0 Å². The monoisotopic (exact) mass is 541 g/mol. The van der Waals surface area contributed by atoms with Gasteiger partial charge in [0.15, 0.2) is 11.5 Å².